The minimum Gasteiger partial charge on any atom is -0.449 e. The highest BCUT2D eigenvalue weighted by Gasteiger charge is 2.46. The summed E-state index contributed by atoms with van der Waals surface area (Å²) in [5.74, 6) is -2.63. The first-order valence-corrected chi connectivity index (χ1v) is 32.0. The molecule has 7 amide bonds. The number of fused-ring (bicyclic) bond motifs is 4. The summed E-state index contributed by atoms with van der Waals surface area (Å²) in [4.78, 5) is 105. The highest BCUT2D eigenvalue weighted by Crippen LogP contribution is 2.45. The predicted octanol–water partition coefficient (Wildman–Crippen LogP) is 8.87. The second-order valence-corrected chi connectivity index (χ2v) is 26.2. The standard InChI is InChI=1S/C71H78N8O10S/c1-41-64(90-40-74-41)47-26-23-43(24-27-47)36-73-66(83)59-35-50(80)37-78(59)69(86)65(71(3,4)5)77-62(82)22-12-14-45-13-10-16-48-33-44(25-29-51(45)48)38-88-42(2)57(31-32-61(72)81)75-67(84)60-34-49-17-11-15-46-28-30-58(68(85)79(60)63(46)49)76-70(87)89-39-56-54-20-8-6-18-52(54)53-19-7-9-21-55(53)56/h6-11,13,15-21,23-27,29,33,40,42,50,56-60,65,80H,12,14,22,28,30-32,34-39H2,1-5H3,(H2,72,81)(H,73,83)(H,75,84)(H,76,87)(H,77,82)/t42-,50+,57-,58-,59-,60?,65?/m0/s1. The number of likely N-dealkylation sites (tertiary alicyclic amines) is 1. The Morgan fingerprint density at radius 3 is 2.24 bits per heavy atom. The summed E-state index contributed by atoms with van der Waals surface area (Å²) in [5.41, 5.74) is 18.3. The van der Waals surface area contributed by atoms with Gasteiger partial charge in [0.25, 0.3) is 0 Å². The highest BCUT2D eigenvalue weighted by molar-refractivity contribution is 7.13. The molecule has 2 unspecified atom stereocenters. The largest absolute Gasteiger partial charge is 0.449 e. The van der Waals surface area contributed by atoms with Gasteiger partial charge in [-0.25, -0.2) is 9.78 Å². The summed E-state index contributed by atoms with van der Waals surface area (Å²) in [6.45, 7) is 9.86. The van der Waals surface area contributed by atoms with Gasteiger partial charge in [0.05, 0.1) is 46.6 Å². The number of ether oxygens (including phenoxy) is 2. The van der Waals surface area contributed by atoms with Crippen molar-refractivity contribution < 1.29 is 48.1 Å². The number of carbonyl (C=O) groups is 7. The molecule has 1 fully saturated rings. The van der Waals surface area contributed by atoms with Crippen LogP contribution in [0.3, 0.4) is 0 Å². The maximum Gasteiger partial charge on any atom is 0.407 e. The fourth-order valence-electron chi connectivity index (χ4n) is 13.3. The first-order chi connectivity index (χ1) is 43.3. The lowest BCUT2D eigenvalue weighted by atomic mass is 9.85. The van der Waals surface area contributed by atoms with Crippen molar-refractivity contribution in [2.75, 3.05) is 18.1 Å². The Morgan fingerprint density at radius 1 is 0.822 bits per heavy atom. The van der Waals surface area contributed by atoms with Gasteiger partial charge in [-0.05, 0) is 124 Å². The van der Waals surface area contributed by atoms with Crippen molar-refractivity contribution in [2.24, 2.45) is 11.1 Å². The molecule has 0 saturated carbocycles. The number of β-amino-alcohol motifs (C(OH)–C–C–N with tert-alkyl or cyclic N) is 1. The number of carbonyl (C=O) groups excluding carboxylic acids is 7. The number of aromatic nitrogens is 1. The predicted molar refractivity (Wildman–Crippen MR) is 345 cm³/mol. The number of benzene rings is 6. The number of thiazole rings is 1. The number of nitrogens with two attached hydrogens (primary N) is 1. The third-order valence-electron chi connectivity index (χ3n) is 18.1. The fourth-order valence-corrected chi connectivity index (χ4v) is 14.1. The zero-order valence-electron chi connectivity index (χ0n) is 51.5. The topological polar surface area (TPSA) is 252 Å². The van der Waals surface area contributed by atoms with E-state index < -0.39 is 77.6 Å². The molecule has 18 nitrogen and oxygen atoms in total. The van der Waals surface area contributed by atoms with Crippen LogP contribution in [0.25, 0.3) is 32.3 Å². The Bertz CT molecular complexity index is 3820. The normalized spacial score (nSPS) is 18.6. The molecule has 4 aliphatic rings. The number of amides is 7. The molecule has 0 spiro atoms. The number of para-hydroxylation sites is 1. The van der Waals surface area contributed by atoms with E-state index in [0.717, 1.165) is 77.0 Å². The van der Waals surface area contributed by atoms with Crippen LogP contribution in [0.2, 0.25) is 0 Å². The molecule has 11 rings (SSSR count). The molecule has 1 aliphatic carbocycles. The van der Waals surface area contributed by atoms with Crippen LogP contribution in [-0.4, -0.2) is 112 Å². The van der Waals surface area contributed by atoms with Gasteiger partial charge < -0.3 is 46.5 Å². The van der Waals surface area contributed by atoms with Crippen LogP contribution in [-0.2, 0) is 70.7 Å². The van der Waals surface area contributed by atoms with E-state index in [1.165, 1.54) is 9.80 Å². The number of hydrogen-bond acceptors (Lipinski definition) is 12. The molecule has 19 heteroatoms. The molecule has 1 saturated heterocycles. The average molecular weight is 1240 g/mol. The molecule has 6 aromatic carbocycles. The van der Waals surface area contributed by atoms with Crippen molar-refractivity contribution in [2.45, 2.75) is 154 Å². The highest BCUT2D eigenvalue weighted by atomic mass is 32.1. The van der Waals surface area contributed by atoms with Crippen molar-refractivity contribution in [3.63, 3.8) is 0 Å². The van der Waals surface area contributed by atoms with Crippen LogP contribution in [0.15, 0.2) is 133 Å². The number of primary amides is 1. The van der Waals surface area contributed by atoms with E-state index in [1.54, 1.807) is 11.3 Å². The summed E-state index contributed by atoms with van der Waals surface area (Å²) in [5, 5.41) is 24.6. The zero-order valence-corrected chi connectivity index (χ0v) is 52.3. The maximum atomic E-state index is 14.7. The van der Waals surface area contributed by atoms with Crippen molar-refractivity contribution in [1.29, 1.82) is 0 Å². The average Bonchev–Trinajstić information content (AvgIpc) is 1.64. The minimum absolute atomic E-state index is 0.0188. The Labute approximate surface area is 528 Å². The van der Waals surface area contributed by atoms with E-state index in [2.05, 4.69) is 38.4 Å². The van der Waals surface area contributed by atoms with Crippen LogP contribution in [0.4, 0.5) is 10.5 Å². The van der Waals surface area contributed by atoms with Crippen molar-refractivity contribution in [3.05, 3.63) is 178 Å². The number of alkyl carbamates (subject to hydrolysis) is 1. The lowest BCUT2D eigenvalue weighted by Gasteiger charge is -2.35. The first kappa shape index (κ1) is 62.8. The van der Waals surface area contributed by atoms with Gasteiger partial charge in [0, 0.05) is 44.7 Å². The maximum absolute atomic E-state index is 14.7. The van der Waals surface area contributed by atoms with Gasteiger partial charge in [-0.3, -0.25) is 33.7 Å². The van der Waals surface area contributed by atoms with Gasteiger partial charge in [0.1, 0.15) is 30.8 Å². The smallest absolute Gasteiger partial charge is 0.407 e. The molecule has 0 radical (unpaired) electrons. The molecule has 3 aliphatic heterocycles. The second kappa shape index (κ2) is 27.1. The number of nitrogens with zero attached hydrogens (tertiary/aromatic N) is 3. The van der Waals surface area contributed by atoms with Crippen molar-refractivity contribution in [3.8, 4) is 21.6 Å². The molecular formula is C71H78N8O10S. The summed E-state index contributed by atoms with van der Waals surface area (Å²) in [6.07, 6.45) is 0.310. The first-order valence-electron chi connectivity index (χ1n) is 31.1. The van der Waals surface area contributed by atoms with Gasteiger partial charge >= 0.3 is 6.09 Å². The minimum atomic E-state index is -0.964. The lowest BCUT2D eigenvalue weighted by Crippen LogP contribution is -2.57. The Balaban J connectivity index is 0.679. The summed E-state index contributed by atoms with van der Waals surface area (Å²) in [6, 6.07) is 37.4. The van der Waals surface area contributed by atoms with Gasteiger partial charge in [-0.15, -0.1) is 11.3 Å². The number of nitrogens with one attached hydrogen (secondary N) is 4. The van der Waals surface area contributed by atoms with Crippen LogP contribution in [0.5, 0.6) is 0 Å². The monoisotopic (exact) mass is 1230 g/mol. The van der Waals surface area contributed by atoms with E-state index >= 15 is 0 Å². The van der Waals surface area contributed by atoms with E-state index in [9.17, 15) is 38.7 Å². The second-order valence-electron chi connectivity index (χ2n) is 25.3. The van der Waals surface area contributed by atoms with Crippen LogP contribution >= 0.6 is 11.3 Å². The number of aliphatic hydroxyl groups excluding tert-OH is 1. The van der Waals surface area contributed by atoms with E-state index in [0.29, 0.717) is 31.4 Å². The molecular weight excluding hydrogens is 1160 g/mol. The lowest BCUT2D eigenvalue weighted by molar-refractivity contribution is -0.144. The number of anilines is 1. The molecule has 1 aromatic heterocycles. The summed E-state index contributed by atoms with van der Waals surface area (Å²) < 4.78 is 12.3. The fraction of sp³-hybridized carbons (Fsp3) is 0.380. The Hall–Kier alpha value is -8.78. The van der Waals surface area contributed by atoms with Crippen molar-refractivity contribution >= 4 is 69.3 Å². The van der Waals surface area contributed by atoms with Gasteiger partial charge in [0.15, 0.2) is 0 Å². The third kappa shape index (κ3) is 13.8. The third-order valence-corrected chi connectivity index (χ3v) is 19.0. The number of aliphatic hydroxyl groups is 1. The molecule has 7 N–H and O–H groups in total. The number of rotatable bonds is 22. The molecule has 7 aromatic rings. The number of aryl methyl sites for hydroxylation is 3. The zero-order chi connectivity index (χ0) is 63.4. The van der Waals surface area contributed by atoms with Crippen LogP contribution in [0, 0.1) is 12.3 Å². The Kier molecular flexibility index (Phi) is 18.9. The Morgan fingerprint density at radius 2 is 1.53 bits per heavy atom. The quantitative estimate of drug-likeness (QED) is 0.0374. The molecule has 468 valence electrons. The van der Waals surface area contributed by atoms with Crippen LogP contribution < -0.4 is 31.9 Å². The van der Waals surface area contributed by atoms with E-state index in [-0.39, 0.29) is 76.1 Å². The summed E-state index contributed by atoms with van der Waals surface area (Å²) in [7, 11) is 0. The molecule has 4 heterocycles. The molecule has 90 heavy (non-hydrogen) atoms. The number of hydrogen-bond donors (Lipinski definition) is 6. The van der Waals surface area contributed by atoms with Gasteiger partial charge in [-0.2, -0.15) is 0 Å². The van der Waals surface area contributed by atoms with E-state index in [1.807, 2.05) is 155 Å². The van der Waals surface area contributed by atoms with Crippen molar-refractivity contribution in [1.82, 2.24) is 31.2 Å². The SMILES string of the molecule is Cc1ncsc1-c1ccc(CNC(=O)[C@@H]2C[C@@H](O)CN2C(=O)C(NC(=O)CCCc2cccc3cc(CO[C@@H](C)[C@H](CCC(N)=O)NC(=O)C4Cc5cccc6c5N4C(=O)[C@@H](NC(=O)OCC4c5ccccc5-c5ccccc54)CC6)ccc23)C(C)(C)C)cc1. The van der Waals surface area contributed by atoms with E-state index in [4.69, 9.17) is 15.2 Å². The summed E-state index contributed by atoms with van der Waals surface area (Å²) >= 11 is 1.57. The van der Waals surface area contributed by atoms with Gasteiger partial charge in [0.2, 0.25) is 35.4 Å². The van der Waals surface area contributed by atoms with Crippen LogP contribution in [0.1, 0.15) is 117 Å². The molecule has 0 bridgehead atoms. The molecule has 7 atom stereocenters. The van der Waals surface area contributed by atoms with Gasteiger partial charge in [-0.1, -0.05) is 142 Å².